The molecule has 5 nitrogen and oxygen atoms in total. The van der Waals surface area contributed by atoms with Gasteiger partial charge in [-0.05, 0) is 31.1 Å². The Morgan fingerprint density at radius 3 is 2.44 bits per heavy atom. The normalized spacial score (nSPS) is 30.4. The first-order valence-electron chi connectivity index (χ1n) is 5.69. The number of ether oxygens (including phenoxy) is 2. The van der Waals surface area contributed by atoms with E-state index in [1.54, 1.807) is 0 Å². The summed E-state index contributed by atoms with van der Waals surface area (Å²) >= 11 is 0. The van der Waals surface area contributed by atoms with E-state index in [-0.39, 0.29) is 17.3 Å². The molecule has 0 aromatic rings. The molecule has 6 heteroatoms. The van der Waals surface area contributed by atoms with Crippen LogP contribution in [0.4, 0.5) is 0 Å². The van der Waals surface area contributed by atoms with Crippen LogP contribution < -0.4 is 5.14 Å². The lowest BCUT2D eigenvalue weighted by molar-refractivity contribution is -0.0983. The van der Waals surface area contributed by atoms with E-state index in [9.17, 15) is 8.42 Å². The summed E-state index contributed by atoms with van der Waals surface area (Å²) in [4.78, 5) is 0. The molecule has 2 heterocycles. The van der Waals surface area contributed by atoms with Crippen LogP contribution in [0.2, 0.25) is 0 Å². The van der Waals surface area contributed by atoms with Crippen molar-refractivity contribution in [1.82, 2.24) is 0 Å². The van der Waals surface area contributed by atoms with Crippen molar-refractivity contribution in [3.63, 3.8) is 0 Å². The van der Waals surface area contributed by atoms with Crippen LogP contribution in [0.15, 0.2) is 0 Å². The molecule has 16 heavy (non-hydrogen) atoms. The van der Waals surface area contributed by atoms with Crippen molar-refractivity contribution in [2.75, 3.05) is 25.6 Å². The van der Waals surface area contributed by atoms with Gasteiger partial charge in [-0.15, -0.1) is 0 Å². The molecular weight excluding hydrogens is 230 g/mol. The van der Waals surface area contributed by atoms with E-state index < -0.39 is 10.0 Å². The van der Waals surface area contributed by atoms with Crippen LogP contribution in [0.25, 0.3) is 0 Å². The smallest absolute Gasteiger partial charge is 0.211 e. The molecule has 2 N–H and O–H groups in total. The SMILES string of the molecule is NS(=O)(=O)C[C@@H]1CCC2(CCOCC2)CO1. The van der Waals surface area contributed by atoms with E-state index in [0.717, 1.165) is 38.9 Å². The van der Waals surface area contributed by atoms with E-state index in [4.69, 9.17) is 14.6 Å². The van der Waals surface area contributed by atoms with Crippen LogP contribution in [0.5, 0.6) is 0 Å². The molecule has 2 saturated heterocycles. The first-order chi connectivity index (χ1) is 7.49. The minimum Gasteiger partial charge on any atom is -0.381 e. The number of hydrogen-bond donors (Lipinski definition) is 1. The summed E-state index contributed by atoms with van der Waals surface area (Å²) in [7, 11) is -3.42. The van der Waals surface area contributed by atoms with Crippen molar-refractivity contribution in [2.45, 2.75) is 31.8 Å². The van der Waals surface area contributed by atoms with Crippen molar-refractivity contribution >= 4 is 10.0 Å². The van der Waals surface area contributed by atoms with E-state index >= 15 is 0 Å². The molecule has 94 valence electrons. The molecule has 0 radical (unpaired) electrons. The number of hydrogen-bond acceptors (Lipinski definition) is 4. The lowest BCUT2D eigenvalue weighted by Gasteiger charge is -2.42. The summed E-state index contributed by atoms with van der Waals surface area (Å²) in [6, 6.07) is 0. The third kappa shape index (κ3) is 3.16. The van der Waals surface area contributed by atoms with Crippen molar-refractivity contribution in [1.29, 1.82) is 0 Å². The van der Waals surface area contributed by atoms with Gasteiger partial charge in [-0.25, -0.2) is 13.6 Å². The summed E-state index contributed by atoms with van der Waals surface area (Å²) in [5.41, 5.74) is 0.229. The van der Waals surface area contributed by atoms with Gasteiger partial charge in [0.2, 0.25) is 10.0 Å². The van der Waals surface area contributed by atoms with Crippen LogP contribution >= 0.6 is 0 Å². The standard InChI is InChI=1S/C10H19NO4S/c11-16(12,13)7-9-1-2-10(8-15-9)3-5-14-6-4-10/h9H,1-8H2,(H2,11,12,13)/t9-/m0/s1. The number of rotatable bonds is 2. The molecule has 0 aliphatic carbocycles. The molecule has 2 aliphatic heterocycles. The second-order valence-corrected chi connectivity index (χ2v) is 6.57. The molecule has 2 fully saturated rings. The Bertz CT molecular complexity index is 325. The van der Waals surface area contributed by atoms with E-state index in [0.29, 0.717) is 6.61 Å². The topological polar surface area (TPSA) is 78.6 Å². The van der Waals surface area contributed by atoms with Crippen LogP contribution in [0.3, 0.4) is 0 Å². The third-order valence-electron chi connectivity index (χ3n) is 3.59. The zero-order chi connectivity index (χ0) is 11.6. The minimum atomic E-state index is -3.42. The Hall–Kier alpha value is -0.170. The fraction of sp³-hybridized carbons (Fsp3) is 1.00. The van der Waals surface area contributed by atoms with Crippen molar-refractivity contribution in [3.8, 4) is 0 Å². The van der Waals surface area contributed by atoms with Crippen molar-refractivity contribution in [2.24, 2.45) is 10.6 Å². The molecule has 0 amide bonds. The summed E-state index contributed by atoms with van der Waals surface area (Å²) in [6.45, 7) is 2.24. The molecule has 0 unspecified atom stereocenters. The Balaban J connectivity index is 1.86. The average Bonchev–Trinajstić information content (AvgIpc) is 2.22. The zero-order valence-corrected chi connectivity index (χ0v) is 10.2. The van der Waals surface area contributed by atoms with Gasteiger partial charge in [0.25, 0.3) is 0 Å². The van der Waals surface area contributed by atoms with Gasteiger partial charge in [0, 0.05) is 13.2 Å². The van der Waals surface area contributed by atoms with Gasteiger partial charge in [-0.2, -0.15) is 0 Å². The highest BCUT2D eigenvalue weighted by molar-refractivity contribution is 7.89. The van der Waals surface area contributed by atoms with E-state index in [1.807, 2.05) is 0 Å². The Kier molecular flexibility index (Phi) is 3.53. The maximum Gasteiger partial charge on any atom is 0.211 e. The lowest BCUT2D eigenvalue weighted by Crippen LogP contribution is -2.42. The van der Waals surface area contributed by atoms with Crippen molar-refractivity contribution < 1.29 is 17.9 Å². The van der Waals surface area contributed by atoms with E-state index in [2.05, 4.69) is 0 Å². The molecule has 0 saturated carbocycles. The van der Waals surface area contributed by atoms with Gasteiger partial charge in [0.15, 0.2) is 0 Å². The summed E-state index contributed by atoms with van der Waals surface area (Å²) in [5.74, 6) is -0.0560. The maximum atomic E-state index is 10.9. The predicted octanol–water partition coefficient (Wildman–Crippen LogP) is 0.251. The van der Waals surface area contributed by atoms with Gasteiger partial charge < -0.3 is 9.47 Å². The van der Waals surface area contributed by atoms with Gasteiger partial charge in [-0.3, -0.25) is 0 Å². The molecule has 0 aromatic heterocycles. The highest BCUT2D eigenvalue weighted by Gasteiger charge is 2.38. The molecule has 1 spiro atoms. The van der Waals surface area contributed by atoms with Gasteiger partial charge in [-0.1, -0.05) is 0 Å². The van der Waals surface area contributed by atoms with Crippen LogP contribution in [0, 0.1) is 5.41 Å². The zero-order valence-electron chi connectivity index (χ0n) is 9.35. The Morgan fingerprint density at radius 1 is 1.25 bits per heavy atom. The molecule has 2 rings (SSSR count). The monoisotopic (exact) mass is 249 g/mol. The predicted molar refractivity (Wildman–Crippen MR) is 59.4 cm³/mol. The number of primary sulfonamides is 1. The first-order valence-corrected chi connectivity index (χ1v) is 7.41. The van der Waals surface area contributed by atoms with Crippen LogP contribution in [-0.2, 0) is 19.5 Å². The van der Waals surface area contributed by atoms with Gasteiger partial charge in [0.1, 0.15) is 0 Å². The highest BCUT2D eigenvalue weighted by Crippen LogP contribution is 2.39. The molecule has 2 aliphatic rings. The van der Waals surface area contributed by atoms with E-state index in [1.165, 1.54) is 0 Å². The summed E-state index contributed by atoms with van der Waals surface area (Å²) < 4.78 is 32.9. The second-order valence-electron chi connectivity index (χ2n) is 4.91. The molecule has 0 bridgehead atoms. The minimum absolute atomic E-state index is 0.0560. The summed E-state index contributed by atoms with van der Waals surface area (Å²) in [6.07, 6.45) is 3.64. The molecule has 0 aromatic carbocycles. The summed E-state index contributed by atoms with van der Waals surface area (Å²) in [5, 5.41) is 5.01. The second kappa shape index (κ2) is 4.60. The lowest BCUT2D eigenvalue weighted by atomic mass is 9.75. The molecule has 1 atom stereocenters. The fourth-order valence-corrected chi connectivity index (χ4v) is 3.29. The Morgan fingerprint density at radius 2 is 1.94 bits per heavy atom. The quantitative estimate of drug-likeness (QED) is 0.761. The third-order valence-corrected chi connectivity index (χ3v) is 4.43. The highest BCUT2D eigenvalue weighted by atomic mass is 32.2. The van der Waals surface area contributed by atoms with Crippen LogP contribution in [0.1, 0.15) is 25.7 Å². The fourth-order valence-electron chi connectivity index (χ4n) is 2.51. The van der Waals surface area contributed by atoms with Crippen LogP contribution in [-0.4, -0.2) is 40.1 Å². The molecular formula is C10H19NO4S. The first kappa shape index (κ1) is 12.3. The number of nitrogens with two attached hydrogens (primary N) is 1. The number of sulfonamides is 1. The van der Waals surface area contributed by atoms with Gasteiger partial charge >= 0.3 is 0 Å². The van der Waals surface area contributed by atoms with Gasteiger partial charge in [0.05, 0.1) is 18.5 Å². The maximum absolute atomic E-state index is 10.9. The largest absolute Gasteiger partial charge is 0.381 e. The van der Waals surface area contributed by atoms with Crippen molar-refractivity contribution in [3.05, 3.63) is 0 Å². The Labute approximate surface area is 96.3 Å². The average molecular weight is 249 g/mol.